The number of aliphatic hydroxyl groups is 1. The first kappa shape index (κ1) is 15.3. The van der Waals surface area contributed by atoms with Gasteiger partial charge in [0, 0.05) is 17.8 Å². The van der Waals surface area contributed by atoms with Crippen LogP contribution in [0.5, 0.6) is 5.88 Å². The van der Waals surface area contributed by atoms with Crippen LogP contribution in [0.15, 0.2) is 72.9 Å². The fraction of sp³-hybridized carbons (Fsp3) is 0.150. The number of hydrogen-bond donors (Lipinski definition) is 1. The molecule has 1 N–H and O–H groups in total. The number of hydrogen-bond acceptors (Lipinski definition) is 3. The van der Waals surface area contributed by atoms with Crippen LogP contribution in [0.25, 0.3) is 0 Å². The summed E-state index contributed by atoms with van der Waals surface area (Å²) in [5, 5.41) is 10.5. The first-order chi connectivity index (χ1) is 11.2. The molecule has 0 unspecified atom stereocenters. The molecule has 3 nitrogen and oxygen atoms in total. The second-order valence-electron chi connectivity index (χ2n) is 5.47. The van der Waals surface area contributed by atoms with Gasteiger partial charge in [0.15, 0.2) is 0 Å². The summed E-state index contributed by atoms with van der Waals surface area (Å²) in [5.74, 6) is 0.565. The molecule has 116 valence electrons. The highest BCUT2D eigenvalue weighted by Gasteiger charge is 2.14. The maximum Gasteiger partial charge on any atom is 0.213 e. The molecule has 3 rings (SSSR count). The lowest BCUT2D eigenvalue weighted by atomic mass is 9.99. The molecule has 0 spiro atoms. The predicted molar refractivity (Wildman–Crippen MR) is 90.3 cm³/mol. The van der Waals surface area contributed by atoms with Crippen molar-refractivity contribution in [1.82, 2.24) is 4.98 Å². The lowest BCUT2D eigenvalue weighted by Gasteiger charge is -2.15. The fourth-order valence-electron chi connectivity index (χ4n) is 2.45. The largest absolute Gasteiger partial charge is 0.473 e. The first-order valence-electron chi connectivity index (χ1n) is 7.60. The number of benzene rings is 2. The standard InChI is InChI=1S/C20H19NO2/c1-15-12-19(23-14-16-8-4-2-5-9-16)21-13-18(15)20(22)17-10-6-3-7-11-17/h2-13,20,22H,14H2,1H3/t20-/m0/s1. The number of aromatic nitrogens is 1. The molecule has 1 atom stereocenters. The van der Waals surface area contributed by atoms with Crippen molar-refractivity contribution in [2.24, 2.45) is 0 Å². The Bertz CT molecular complexity index is 757. The Labute approximate surface area is 136 Å². The molecule has 23 heavy (non-hydrogen) atoms. The van der Waals surface area contributed by atoms with Gasteiger partial charge in [0.1, 0.15) is 12.7 Å². The maximum atomic E-state index is 10.5. The molecule has 0 aliphatic rings. The minimum atomic E-state index is -0.674. The van der Waals surface area contributed by atoms with Gasteiger partial charge < -0.3 is 9.84 Å². The number of nitrogens with zero attached hydrogens (tertiary/aromatic N) is 1. The lowest BCUT2D eigenvalue weighted by Crippen LogP contribution is -2.04. The fourth-order valence-corrected chi connectivity index (χ4v) is 2.45. The zero-order chi connectivity index (χ0) is 16.1. The Kier molecular flexibility index (Phi) is 4.69. The number of aliphatic hydroxyl groups excluding tert-OH is 1. The molecule has 0 radical (unpaired) electrons. The van der Waals surface area contributed by atoms with Crippen molar-refractivity contribution in [3.8, 4) is 5.88 Å². The third kappa shape index (κ3) is 3.76. The van der Waals surface area contributed by atoms with Crippen LogP contribution < -0.4 is 4.74 Å². The van der Waals surface area contributed by atoms with Crippen molar-refractivity contribution < 1.29 is 9.84 Å². The second kappa shape index (κ2) is 7.07. The van der Waals surface area contributed by atoms with Crippen LogP contribution in [-0.2, 0) is 6.61 Å². The van der Waals surface area contributed by atoms with E-state index in [1.165, 1.54) is 0 Å². The molecule has 0 fully saturated rings. The van der Waals surface area contributed by atoms with E-state index in [0.29, 0.717) is 12.5 Å². The summed E-state index contributed by atoms with van der Waals surface area (Å²) in [6, 6.07) is 21.4. The molecule has 1 heterocycles. The molecule has 0 bridgehead atoms. The Morgan fingerprint density at radius 2 is 1.65 bits per heavy atom. The summed E-state index contributed by atoms with van der Waals surface area (Å²) >= 11 is 0. The minimum absolute atomic E-state index is 0.480. The van der Waals surface area contributed by atoms with E-state index in [9.17, 15) is 5.11 Å². The topological polar surface area (TPSA) is 42.4 Å². The lowest BCUT2D eigenvalue weighted by molar-refractivity contribution is 0.218. The van der Waals surface area contributed by atoms with Crippen molar-refractivity contribution in [2.75, 3.05) is 0 Å². The first-order valence-corrected chi connectivity index (χ1v) is 7.60. The summed E-state index contributed by atoms with van der Waals surface area (Å²) in [7, 11) is 0. The van der Waals surface area contributed by atoms with Gasteiger partial charge in [-0.15, -0.1) is 0 Å². The molecule has 3 heteroatoms. The third-order valence-corrected chi connectivity index (χ3v) is 3.77. The Hall–Kier alpha value is -2.65. The van der Waals surface area contributed by atoms with Crippen LogP contribution in [0.1, 0.15) is 28.4 Å². The highest BCUT2D eigenvalue weighted by Crippen LogP contribution is 2.26. The van der Waals surface area contributed by atoms with Crippen molar-refractivity contribution >= 4 is 0 Å². The molecule has 0 saturated heterocycles. The number of aryl methyl sites for hydroxylation is 1. The smallest absolute Gasteiger partial charge is 0.213 e. The van der Waals surface area contributed by atoms with E-state index in [1.54, 1.807) is 6.20 Å². The summed E-state index contributed by atoms with van der Waals surface area (Å²) in [6.45, 7) is 2.44. The molecular weight excluding hydrogens is 286 g/mol. The number of ether oxygens (including phenoxy) is 1. The molecule has 0 saturated carbocycles. The normalized spacial score (nSPS) is 11.9. The number of pyridine rings is 1. The quantitative estimate of drug-likeness (QED) is 0.773. The van der Waals surface area contributed by atoms with E-state index in [0.717, 1.165) is 22.3 Å². The van der Waals surface area contributed by atoms with E-state index in [-0.39, 0.29) is 0 Å². The molecular formula is C20H19NO2. The molecule has 0 amide bonds. The molecule has 2 aromatic carbocycles. The molecule has 3 aromatic rings. The Balaban J connectivity index is 1.73. The maximum absolute atomic E-state index is 10.5. The average Bonchev–Trinajstić information content (AvgIpc) is 2.61. The van der Waals surface area contributed by atoms with E-state index in [2.05, 4.69) is 4.98 Å². The van der Waals surface area contributed by atoms with Crippen molar-refractivity contribution in [1.29, 1.82) is 0 Å². The van der Waals surface area contributed by atoms with Crippen molar-refractivity contribution in [3.05, 3.63) is 95.2 Å². The van der Waals surface area contributed by atoms with Gasteiger partial charge >= 0.3 is 0 Å². The SMILES string of the molecule is Cc1cc(OCc2ccccc2)ncc1[C@@H](O)c1ccccc1. The van der Waals surface area contributed by atoms with Gasteiger partial charge in [-0.2, -0.15) is 0 Å². The van der Waals surface area contributed by atoms with Crippen LogP contribution in [0.3, 0.4) is 0 Å². The minimum Gasteiger partial charge on any atom is -0.473 e. The van der Waals surface area contributed by atoms with Crippen LogP contribution >= 0.6 is 0 Å². The van der Waals surface area contributed by atoms with E-state index in [4.69, 9.17) is 4.74 Å². The third-order valence-electron chi connectivity index (χ3n) is 3.77. The van der Waals surface area contributed by atoms with E-state index < -0.39 is 6.10 Å². The van der Waals surface area contributed by atoms with E-state index in [1.807, 2.05) is 73.7 Å². The van der Waals surface area contributed by atoms with Crippen LogP contribution in [0, 0.1) is 6.92 Å². The molecule has 1 aromatic heterocycles. The monoisotopic (exact) mass is 305 g/mol. The summed E-state index contributed by atoms with van der Waals surface area (Å²) in [6.07, 6.45) is 1.01. The van der Waals surface area contributed by atoms with Gasteiger partial charge in [0.25, 0.3) is 0 Å². The Morgan fingerprint density at radius 3 is 2.30 bits per heavy atom. The highest BCUT2D eigenvalue weighted by molar-refractivity contribution is 5.35. The summed E-state index contributed by atoms with van der Waals surface area (Å²) in [5.41, 5.74) is 3.71. The van der Waals surface area contributed by atoms with Gasteiger partial charge in [0.2, 0.25) is 5.88 Å². The molecule has 0 aliphatic carbocycles. The van der Waals surface area contributed by atoms with Gasteiger partial charge in [-0.25, -0.2) is 4.98 Å². The summed E-state index contributed by atoms with van der Waals surface area (Å²) in [4.78, 5) is 4.32. The van der Waals surface area contributed by atoms with Gasteiger partial charge in [-0.1, -0.05) is 60.7 Å². The van der Waals surface area contributed by atoms with Crippen molar-refractivity contribution in [3.63, 3.8) is 0 Å². The highest BCUT2D eigenvalue weighted by atomic mass is 16.5. The zero-order valence-electron chi connectivity index (χ0n) is 13.0. The number of rotatable bonds is 5. The second-order valence-corrected chi connectivity index (χ2v) is 5.47. The summed E-state index contributed by atoms with van der Waals surface area (Å²) < 4.78 is 5.72. The average molecular weight is 305 g/mol. The van der Waals surface area contributed by atoms with E-state index >= 15 is 0 Å². The predicted octanol–water partition coefficient (Wildman–Crippen LogP) is 4.05. The van der Waals surface area contributed by atoms with Crippen LogP contribution in [0.2, 0.25) is 0 Å². The Morgan fingerprint density at radius 1 is 1.00 bits per heavy atom. The molecule has 0 aliphatic heterocycles. The van der Waals surface area contributed by atoms with Crippen molar-refractivity contribution in [2.45, 2.75) is 19.6 Å². The van der Waals surface area contributed by atoms with Gasteiger partial charge in [-0.05, 0) is 23.6 Å². The van der Waals surface area contributed by atoms with Crippen LogP contribution in [-0.4, -0.2) is 10.1 Å². The van der Waals surface area contributed by atoms with Crippen LogP contribution in [0.4, 0.5) is 0 Å². The van der Waals surface area contributed by atoms with Gasteiger partial charge in [0.05, 0.1) is 0 Å². The zero-order valence-corrected chi connectivity index (χ0v) is 13.0. The van der Waals surface area contributed by atoms with Gasteiger partial charge in [-0.3, -0.25) is 0 Å².